The van der Waals surface area contributed by atoms with E-state index < -0.39 is 18.3 Å². The molecule has 0 aliphatic carbocycles. The van der Waals surface area contributed by atoms with Gasteiger partial charge in [0.15, 0.2) is 0 Å². The summed E-state index contributed by atoms with van der Waals surface area (Å²) in [5.74, 6) is -0.553. The average molecular weight is 455 g/mol. The van der Waals surface area contributed by atoms with Crippen LogP contribution >= 0.6 is 12.6 Å². The number of halogens is 1. The Labute approximate surface area is 193 Å². The average Bonchev–Trinajstić information content (AvgIpc) is 2.80. The first kappa shape index (κ1) is 23.8. The van der Waals surface area contributed by atoms with Crippen LogP contribution in [0.5, 0.6) is 0 Å². The monoisotopic (exact) mass is 454 g/mol. The topological polar surface area (TPSA) is 62.7 Å². The van der Waals surface area contributed by atoms with Gasteiger partial charge in [0.1, 0.15) is 18.1 Å². The van der Waals surface area contributed by atoms with Crippen molar-refractivity contribution in [2.75, 3.05) is 10.7 Å². The predicted octanol–water partition coefficient (Wildman–Crippen LogP) is 5.26. The summed E-state index contributed by atoms with van der Waals surface area (Å²) in [6, 6.07) is 14.8. The molecule has 7 heteroatoms. The summed E-state index contributed by atoms with van der Waals surface area (Å²) < 4.78 is 18.9. The normalized spacial score (nSPS) is 13.8. The largest absolute Gasteiger partial charge is 0.454 e. The van der Waals surface area contributed by atoms with Gasteiger partial charge in [0, 0.05) is 29.4 Å². The first-order valence-electron chi connectivity index (χ1n) is 10.4. The van der Waals surface area contributed by atoms with Gasteiger partial charge < -0.3 is 14.7 Å². The van der Waals surface area contributed by atoms with Crippen LogP contribution in [0.2, 0.25) is 0 Å². The molecule has 1 heterocycles. The van der Waals surface area contributed by atoms with Gasteiger partial charge in [0.2, 0.25) is 0 Å². The van der Waals surface area contributed by atoms with Crippen LogP contribution in [-0.4, -0.2) is 28.0 Å². The molecule has 0 aliphatic rings. The Morgan fingerprint density at radius 1 is 1.16 bits per heavy atom. The number of hydrogen-bond acceptors (Lipinski definition) is 6. The number of hydrogen-bond donors (Lipinski definition) is 2. The molecule has 2 aromatic carbocycles. The Morgan fingerprint density at radius 2 is 1.88 bits per heavy atom. The van der Waals surface area contributed by atoms with Crippen molar-refractivity contribution in [3.05, 3.63) is 95.1 Å². The van der Waals surface area contributed by atoms with Crippen molar-refractivity contribution in [3.63, 3.8) is 0 Å². The number of ether oxygens (including phenoxy) is 1. The molecule has 0 amide bonds. The van der Waals surface area contributed by atoms with Crippen LogP contribution in [0.15, 0.2) is 67.0 Å². The zero-order valence-corrected chi connectivity index (χ0v) is 19.2. The number of carbonyl (C=O) groups is 1. The van der Waals surface area contributed by atoms with Crippen molar-refractivity contribution >= 4 is 24.3 Å². The molecular weight excluding hydrogens is 427 g/mol. The van der Waals surface area contributed by atoms with Gasteiger partial charge in [-0.15, -0.1) is 0 Å². The lowest BCUT2D eigenvalue weighted by Gasteiger charge is -2.36. The van der Waals surface area contributed by atoms with Gasteiger partial charge in [0.05, 0.1) is 11.6 Å². The molecule has 32 heavy (non-hydrogen) atoms. The first-order valence-corrected chi connectivity index (χ1v) is 11.0. The molecule has 1 aromatic heterocycles. The van der Waals surface area contributed by atoms with Crippen LogP contribution in [0.1, 0.15) is 53.0 Å². The van der Waals surface area contributed by atoms with Gasteiger partial charge in [0.25, 0.3) is 0 Å². The number of nitrogens with zero attached hydrogens (tertiary/aromatic N) is 2. The number of anilines is 1. The van der Waals surface area contributed by atoms with Crippen molar-refractivity contribution < 1.29 is 19.0 Å². The fourth-order valence-electron chi connectivity index (χ4n) is 3.60. The van der Waals surface area contributed by atoms with E-state index in [1.165, 1.54) is 12.1 Å². The minimum absolute atomic E-state index is 0.206. The van der Waals surface area contributed by atoms with Gasteiger partial charge in [-0.25, -0.2) is 9.18 Å². The molecule has 3 atom stereocenters. The third-order valence-corrected chi connectivity index (χ3v) is 5.73. The molecule has 5 nitrogen and oxygen atoms in total. The van der Waals surface area contributed by atoms with Crippen molar-refractivity contribution in [1.29, 1.82) is 0 Å². The lowest BCUT2D eigenvalue weighted by atomic mass is 10.0. The standard InChI is InChI=1S/C25H27FN2O3S/c1-16-13-20(25(30)31-18(3)21-5-4-12-27-14-21)8-11-23(16)28(24(29)15-32)17(2)19-6-9-22(26)10-7-19/h4-14,17-18,24,29,32H,15H2,1-3H3. The summed E-state index contributed by atoms with van der Waals surface area (Å²) >= 11 is 4.26. The highest BCUT2D eigenvalue weighted by molar-refractivity contribution is 7.80. The number of aliphatic hydroxyl groups excluding tert-OH is 1. The van der Waals surface area contributed by atoms with Crippen molar-refractivity contribution in [2.45, 2.75) is 39.1 Å². The summed E-state index contributed by atoms with van der Waals surface area (Å²) in [7, 11) is 0. The van der Waals surface area contributed by atoms with Crippen LogP contribution in [0.25, 0.3) is 0 Å². The van der Waals surface area contributed by atoms with E-state index in [0.29, 0.717) is 5.56 Å². The molecule has 0 saturated carbocycles. The number of rotatable bonds is 8. The summed E-state index contributed by atoms with van der Waals surface area (Å²) in [4.78, 5) is 18.5. The van der Waals surface area contributed by atoms with Gasteiger partial charge >= 0.3 is 5.97 Å². The van der Waals surface area contributed by atoms with Gasteiger partial charge in [-0.2, -0.15) is 12.6 Å². The summed E-state index contributed by atoms with van der Waals surface area (Å²) in [5.41, 5.74) is 3.62. The number of esters is 1. The first-order chi connectivity index (χ1) is 15.3. The second-order valence-corrected chi connectivity index (χ2v) is 8.00. The highest BCUT2D eigenvalue weighted by Gasteiger charge is 2.25. The van der Waals surface area contributed by atoms with E-state index in [1.807, 2.05) is 24.8 Å². The second kappa shape index (κ2) is 10.6. The van der Waals surface area contributed by atoms with Crippen molar-refractivity contribution in [2.24, 2.45) is 0 Å². The Balaban J connectivity index is 1.84. The fraction of sp³-hybridized carbons (Fsp3) is 0.280. The van der Waals surface area contributed by atoms with E-state index in [2.05, 4.69) is 17.6 Å². The number of thiol groups is 1. The highest BCUT2D eigenvalue weighted by Crippen LogP contribution is 2.32. The lowest BCUT2D eigenvalue weighted by molar-refractivity contribution is 0.0337. The fourth-order valence-corrected chi connectivity index (χ4v) is 3.78. The van der Waals surface area contributed by atoms with E-state index in [-0.39, 0.29) is 17.6 Å². The molecule has 1 N–H and O–H groups in total. The zero-order valence-electron chi connectivity index (χ0n) is 18.3. The summed E-state index contributed by atoms with van der Waals surface area (Å²) in [5, 5.41) is 10.7. The number of carbonyl (C=O) groups excluding carboxylic acids is 1. The third-order valence-electron chi connectivity index (χ3n) is 5.40. The number of benzene rings is 2. The summed E-state index contributed by atoms with van der Waals surface area (Å²) in [6.45, 7) is 5.59. The molecule has 168 valence electrons. The molecular formula is C25H27FN2O3S. The minimum Gasteiger partial charge on any atom is -0.454 e. The summed E-state index contributed by atoms with van der Waals surface area (Å²) in [6.07, 6.45) is 2.02. The van der Waals surface area contributed by atoms with Crippen LogP contribution in [0, 0.1) is 12.7 Å². The molecule has 0 bridgehead atoms. The molecule has 0 spiro atoms. The second-order valence-electron chi connectivity index (χ2n) is 7.63. The Kier molecular flexibility index (Phi) is 7.88. The molecule has 3 unspecified atom stereocenters. The number of pyridine rings is 1. The van der Waals surface area contributed by atoms with E-state index in [1.54, 1.807) is 55.7 Å². The Bertz CT molecular complexity index is 1050. The lowest BCUT2D eigenvalue weighted by Crippen LogP contribution is -2.39. The number of aliphatic hydroxyl groups is 1. The van der Waals surface area contributed by atoms with Crippen LogP contribution in [0.3, 0.4) is 0 Å². The van der Waals surface area contributed by atoms with E-state index in [4.69, 9.17) is 4.74 Å². The number of aromatic nitrogens is 1. The molecule has 0 saturated heterocycles. The van der Waals surface area contributed by atoms with E-state index in [0.717, 1.165) is 22.4 Å². The third kappa shape index (κ3) is 5.47. The van der Waals surface area contributed by atoms with Gasteiger partial charge in [-0.1, -0.05) is 18.2 Å². The van der Waals surface area contributed by atoms with Crippen LogP contribution in [0.4, 0.5) is 10.1 Å². The smallest absolute Gasteiger partial charge is 0.338 e. The van der Waals surface area contributed by atoms with Crippen LogP contribution < -0.4 is 4.90 Å². The highest BCUT2D eigenvalue weighted by atomic mass is 32.1. The molecule has 0 aliphatic heterocycles. The Morgan fingerprint density at radius 3 is 2.47 bits per heavy atom. The van der Waals surface area contributed by atoms with Crippen molar-refractivity contribution in [3.8, 4) is 0 Å². The van der Waals surface area contributed by atoms with Gasteiger partial charge in [-0.3, -0.25) is 4.98 Å². The SMILES string of the molecule is Cc1cc(C(=O)OC(C)c2cccnc2)ccc1N(C(O)CS)C(C)c1ccc(F)cc1. The van der Waals surface area contributed by atoms with E-state index in [9.17, 15) is 14.3 Å². The van der Waals surface area contributed by atoms with Crippen LogP contribution in [-0.2, 0) is 4.74 Å². The maximum absolute atomic E-state index is 13.4. The predicted molar refractivity (Wildman–Crippen MR) is 126 cm³/mol. The minimum atomic E-state index is -0.875. The maximum Gasteiger partial charge on any atom is 0.338 e. The molecule has 0 fully saturated rings. The molecule has 0 radical (unpaired) electrons. The van der Waals surface area contributed by atoms with Gasteiger partial charge in [-0.05, 0) is 68.3 Å². The number of aryl methyl sites for hydroxylation is 1. The quantitative estimate of drug-likeness (QED) is 0.276. The van der Waals surface area contributed by atoms with Crippen molar-refractivity contribution in [1.82, 2.24) is 4.98 Å². The zero-order chi connectivity index (χ0) is 23.3. The van der Waals surface area contributed by atoms with E-state index >= 15 is 0 Å². The molecule has 3 aromatic rings. The maximum atomic E-state index is 13.4. The Hall–Kier alpha value is -2.90. The molecule has 3 rings (SSSR count).